The van der Waals surface area contributed by atoms with E-state index in [0.717, 1.165) is 48.4 Å². The minimum Gasteiger partial charge on any atom is -0.508 e. The summed E-state index contributed by atoms with van der Waals surface area (Å²) in [6.45, 7) is 2.07. The van der Waals surface area contributed by atoms with Crippen molar-refractivity contribution >= 4 is 10.8 Å². The molecule has 0 heterocycles. The molecule has 0 bridgehead atoms. The van der Waals surface area contributed by atoms with E-state index in [-0.39, 0.29) is 43.3 Å². The molecule has 0 radical (unpaired) electrons. The lowest BCUT2D eigenvalue weighted by atomic mass is 9.84. The highest BCUT2D eigenvalue weighted by atomic mass is 16.5. The van der Waals surface area contributed by atoms with Crippen molar-refractivity contribution in [2.75, 3.05) is 20.3 Å². The molecule has 42 heavy (non-hydrogen) atoms. The van der Waals surface area contributed by atoms with Crippen molar-refractivity contribution in [2.24, 2.45) is 11.8 Å². The van der Waals surface area contributed by atoms with Crippen LogP contribution in [0, 0.1) is 23.7 Å². The van der Waals surface area contributed by atoms with Gasteiger partial charge in [0, 0.05) is 23.8 Å². The number of methoxy groups -OCH3 is 1. The maximum atomic E-state index is 11.6. The number of fused-ring (bicyclic) bond motifs is 1. The summed E-state index contributed by atoms with van der Waals surface area (Å²) in [5, 5.41) is 53.6. The SMILES string of the molecule is CC[C@H]1C#CC[C@H]([C@H](O)CCc2ccc(O)c(OC)c2-c2cc3ccc(O)cc3cc2CO)[C@@H](OCCO)CCCC1. The van der Waals surface area contributed by atoms with Gasteiger partial charge in [0.25, 0.3) is 0 Å². The Balaban J connectivity index is 1.68. The van der Waals surface area contributed by atoms with E-state index < -0.39 is 6.10 Å². The molecule has 1 aliphatic rings. The number of aromatic hydroxyl groups is 2. The Bertz CT molecular complexity index is 1390. The molecule has 226 valence electrons. The fourth-order valence-electron chi connectivity index (χ4n) is 6.11. The second-order valence-electron chi connectivity index (χ2n) is 11.2. The first-order valence-corrected chi connectivity index (χ1v) is 15.0. The number of rotatable bonds is 11. The number of ether oxygens (including phenoxy) is 2. The van der Waals surface area contributed by atoms with Gasteiger partial charge in [0.15, 0.2) is 11.5 Å². The van der Waals surface area contributed by atoms with Crippen molar-refractivity contribution in [1.82, 2.24) is 0 Å². The number of hydrogen-bond acceptors (Lipinski definition) is 7. The van der Waals surface area contributed by atoms with E-state index in [1.807, 2.05) is 24.3 Å². The number of hydrogen-bond donors (Lipinski definition) is 5. The van der Waals surface area contributed by atoms with E-state index in [0.29, 0.717) is 47.6 Å². The number of aliphatic hydroxyl groups excluding tert-OH is 3. The van der Waals surface area contributed by atoms with Crippen LogP contribution in [0.1, 0.15) is 63.0 Å². The van der Waals surface area contributed by atoms with Gasteiger partial charge in [-0.2, -0.15) is 0 Å². The van der Waals surface area contributed by atoms with Gasteiger partial charge in [-0.3, -0.25) is 0 Å². The van der Waals surface area contributed by atoms with Gasteiger partial charge in [-0.15, -0.1) is 5.92 Å². The summed E-state index contributed by atoms with van der Waals surface area (Å²) in [4.78, 5) is 0. The van der Waals surface area contributed by atoms with Gasteiger partial charge in [-0.05, 0) is 89.9 Å². The number of aryl methyl sites for hydroxylation is 1. The van der Waals surface area contributed by atoms with Crippen molar-refractivity contribution in [2.45, 2.75) is 77.1 Å². The van der Waals surface area contributed by atoms with Gasteiger partial charge in [-0.25, -0.2) is 0 Å². The van der Waals surface area contributed by atoms with Gasteiger partial charge in [0.1, 0.15) is 5.75 Å². The van der Waals surface area contributed by atoms with E-state index in [4.69, 9.17) is 9.47 Å². The van der Waals surface area contributed by atoms with E-state index in [9.17, 15) is 25.5 Å². The quantitative estimate of drug-likeness (QED) is 0.186. The fraction of sp³-hybridized carbons (Fsp3) is 0.486. The Labute approximate surface area is 248 Å². The normalized spacial score (nSPS) is 20.1. The molecular formula is C35H44O7. The molecular weight excluding hydrogens is 532 g/mol. The molecule has 1 aliphatic carbocycles. The molecule has 7 nitrogen and oxygen atoms in total. The van der Waals surface area contributed by atoms with Crippen molar-refractivity contribution in [3.05, 3.63) is 53.6 Å². The molecule has 0 spiro atoms. The second kappa shape index (κ2) is 15.3. The highest BCUT2D eigenvalue weighted by molar-refractivity contribution is 5.92. The Morgan fingerprint density at radius 1 is 0.976 bits per heavy atom. The predicted molar refractivity (Wildman–Crippen MR) is 164 cm³/mol. The van der Waals surface area contributed by atoms with Crippen LogP contribution in [0.2, 0.25) is 0 Å². The third kappa shape index (κ3) is 7.56. The molecule has 0 aromatic heterocycles. The fourth-order valence-corrected chi connectivity index (χ4v) is 6.11. The van der Waals surface area contributed by atoms with E-state index in [2.05, 4.69) is 18.8 Å². The largest absolute Gasteiger partial charge is 0.508 e. The van der Waals surface area contributed by atoms with E-state index in [1.54, 1.807) is 18.2 Å². The van der Waals surface area contributed by atoms with Crippen LogP contribution < -0.4 is 4.74 Å². The van der Waals surface area contributed by atoms with Crippen LogP contribution in [-0.4, -0.2) is 58.1 Å². The van der Waals surface area contributed by atoms with Gasteiger partial charge in [-0.1, -0.05) is 37.8 Å². The summed E-state index contributed by atoms with van der Waals surface area (Å²) < 4.78 is 11.7. The number of aliphatic hydroxyl groups is 3. The minimum absolute atomic E-state index is 0.0166. The molecule has 4 rings (SSSR count). The molecule has 0 aliphatic heterocycles. The zero-order chi connectivity index (χ0) is 30.1. The smallest absolute Gasteiger partial charge is 0.168 e. The number of phenolic OH excluding ortho intramolecular Hbond substituents is 2. The first kappa shape index (κ1) is 31.7. The lowest BCUT2D eigenvalue weighted by molar-refractivity contribution is -0.0515. The number of phenols is 2. The molecule has 0 unspecified atom stereocenters. The Hall–Kier alpha value is -3.28. The van der Waals surface area contributed by atoms with Gasteiger partial charge in [0.05, 0.1) is 39.1 Å². The van der Waals surface area contributed by atoms with Crippen LogP contribution in [0.3, 0.4) is 0 Å². The van der Waals surface area contributed by atoms with Crippen LogP contribution in [-0.2, 0) is 17.8 Å². The molecule has 3 aromatic carbocycles. The summed E-state index contributed by atoms with van der Waals surface area (Å²) in [5.74, 6) is 7.34. The third-order valence-electron chi connectivity index (χ3n) is 8.45. The molecule has 0 fully saturated rings. The zero-order valence-electron chi connectivity index (χ0n) is 24.7. The van der Waals surface area contributed by atoms with Crippen molar-refractivity contribution in [3.8, 4) is 40.2 Å². The maximum absolute atomic E-state index is 11.6. The highest BCUT2D eigenvalue weighted by Crippen LogP contribution is 2.43. The van der Waals surface area contributed by atoms with Crippen molar-refractivity contribution in [3.63, 3.8) is 0 Å². The molecule has 7 heteroatoms. The molecule has 0 amide bonds. The first-order chi connectivity index (χ1) is 20.4. The summed E-state index contributed by atoms with van der Waals surface area (Å²) >= 11 is 0. The molecule has 3 aromatic rings. The highest BCUT2D eigenvalue weighted by Gasteiger charge is 2.29. The molecule has 0 saturated carbocycles. The van der Waals surface area contributed by atoms with Gasteiger partial charge >= 0.3 is 0 Å². The lowest BCUT2D eigenvalue weighted by Gasteiger charge is -2.31. The van der Waals surface area contributed by atoms with Crippen molar-refractivity contribution in [1.29, 1.82) is 0 Å². The van der Waals surface area contributed by atoms with Crippen LogP contribution in [0.15, 0.2) is 42.5 Å². The van der Waals surface area contributed by atoms with Crippen LogP contribution >= 0.6 is 0 Å². The predicted octanol–water partition coefficient (Wildman–Crippen LogP) is 5.70. The van der Waals surface area contributed by atoms with E-state index >= 15 is 0 Å². The average molecular weight is 577 g/mol. The molecule has 4 atom stereocenters. The zero-order valence-corrected chi connectivity index (χ0v) is 24.7. The lowest BCUT2D eigenvalue weighted by Crippen LogP contribution is -2.35. The van der Waals surface area contributed by atoms with Crippen LogP contribution in [0.25, 0.3) is 21.9 Å². The Kier molecular flexibility index (Phi) is 11.5. The summed E-state index contributed by atoms with van der Waals surface area (Å²) in [6, 6.07) is 12.3. The number of benzene rings is 3. The molecule has 5 N–H and O–H groups in total. The van der Waals surface area contributed by atoms with Crippen LogP contribution in [0.4, 0.5) is 0 Å². The first-order valence-electron chi connectivity index (χ1n) is 15.0. The maximum Gasteiger partial charge on any atom is 0.168 e. The Morgan fingerprint density at radius 2 is 1.79 bits per heavy atom. The monoisotopic (exact) mass is 576 g/mol. The second-order valence-corrected chi connectivity index (χ2v) is 11.2. The van der Waals surface area contributed by atoms with Gasteiger partial charge < -0.3 is 35.0 Å². The third-order valence-corrected chi connectivity index (χ3v) is 8.45. The summed E-state index contributed by atoms with van der Waals surface area (Å²) in [5.41, 5.74) is 2.87. The standard InChI is InChI=1S/C35H44O7/c1-3-23-7-4-5-10-33(42-18-17-36)29(9-6-8-23)31(39)15-12-24-13-16-32(40)35(41-2)34(24)30-21-25-11-14-28(38)20-26(25)19-27(30)22-37/h11,13-14,16,19-21,23,29,31,33,36-40H,3-5,7,9-10,12,15,17-18,22H2,1-2H3/t23-,29-,31-,33+/m1/s1. The molecule has 0 saturated heterocycles. The van der Waals surface area contributed by atoms with Crippen molar-refractivity contribution < 1.29 is 35.0 Å². The van der Waals surface area contributed by atoms with Crippen LogP contribution in [0.5, 0.6) is 17.2 Å². The minimum atomic E-state index is -0.702. The van der Waals surface area contributed by atoms with Gasteiger partial charge in [0.2, 0.25) is 0 Å². The topological polar surface area (TPSA) is 120 Å². The summed E-state index contributed by atoms with van der Waals surface area (Å²) in [7, 11) is 1.50. The average Bonchev–Trinajstić information content (AvgIpc) is 3.00. The summed E-state index contributed by atoms with van der Waals surface area (Å²) in [6.07, 6.45) is 5.47. The Morgan fingerprint density at radius 3 is 2.52 bits per heavy atom. The van der Waals surface area contributed by atoms with E-state index in [1.165, 1.54) is 7.11 Å².